The van der Waals surface area contributed by atoms with E-state index in [0.717, 1.165) is 16.9 Å². The normalized spacial score (nSPS) is 11.2. The molecule has 0 atom stereocenters. The lowest BCUT2D eigenvalue weighted by atomic mass is 10.1. The molecule has 0 saturated carbocycles. The molecule has 1 N–H and O–H groups in total. The number of halogens is 1. The summed E-state index contributed by atoms with van der Waals surface area (Å²) in [7, 11) is 1.63. The lowest BCUT2D eigenvalue weighted by molar-refractivity contribution is 0.0944. The predicted octanol–water partition coefficient (Wildman–Crippen LogP) is 4.41. The van der Waals surface area contributed by atoms with Crippen molar-refractivity contribution in [1.82, 2.24) is 15.2 Å². The van der Waals surface area contributed by atoms with E-state index in [1.807, 2.05) is 38.1 Å². The standard InChI is InChI=1S/C24H28FN3O3/c1-17(2)12-26-24(29)22-16-31-23(27-22)15-28(13-18-7-9-20(25)10-8-18)14-19-5-4-6-21(11-19)30-3/h4-11,16-17H,12-15H2,1-3H3,(H,26,29). The van der Waals surface area contributed by atoms with Crippen LogP contribution in [0.5, 0.6) is 5.75 Å². The molecule has 2 aromatic carbocycles. The lowest BCUT2D eigenvalue weighted by Crippen LogP contribution is -2.27. The van der Waals surface area contributed by atoms with Crippen molar-refractivity contribution in [3.8, 4) is 5.75 Å². The molecule has 0 aliphatic heterocycles. The molecule has 0 aliphatic rings. The van der Waals surface area contributed by atoms with E-state index < -0.39 is 0 Å². The molecule has 0 aliphatic carbocycles. The van der Waals surface area contributed by atoms with Crippen LogP contribution in [0.15, 0.2) is 59.2 Å². The fourth-order valence-electron chi connectivity index (χ4n) is 3.11. The van der Waals surface area contributed by atoms with E-state index in [2.05, 4.69) is 15.2 Å². The van der Waals surface area contributed by atoms with E-state index in [1.165, 1.54) is 18.4 Å². The first kappa shape index (κ1) is 22.5. The zero-order chi connectivity index (χ0) is 22.2. The predicted molar refractivity (Wildman–Crippen MR) is 116 cm³/mol. The van der Waals surface area contributed by atoms with Crippen LogP contribution in [0.1, 0.15) is 41.4 Å². The van der Waals surface area contributed by atoms with Gasteiger partial charge in [0.2, 0.25) is 5.89 Å². The van der Waals surface area contributed by atoms with E-state index in [4.69, 9.17) is 9.15 Å². The quantitative estimate of drug-likeness (QED) is 0.521. The summed E-state index contributed by atoms with van der Waals surface area (Å²) in [6, 6.07) is 14.2. The number of aromatic nitrogens is 1. The van der Waals surface area contributed by atoms with Crippen LogP contribution < -0.4 is 10.1 Å². The highest BCUT2D eigenvalue weighted by atomic mass is 19.1. The van der Waals surface area contributed by atoms with Crippen molar-refractivity contribution < 1.29 is 18.3 Å². The van der Waals surface area contributed by atoms with Gasteiger partial charge in [0, 0.05) is 19.6 Å². The number of carbonyl (C=O) groups excluding carboxylic acids is 1. The Bertz CT molecular complexity index is 986. The van der Waals surface area contributed by atoms with Gasteiger partial charge in [0.05, 0.1) is 13.7 Å². The molecule has 0 bridgehead atoms. The molecule has 1 aromatic heterocycles. The minimum atomic E-state index is -0.271. The molecular formula is C24H28FN3O3. The zero-order valence-corrected chi connectivity index (χ0v) is 18.1. The van der Waals surface area contributed by atoms with Crippen LogP contribution in [0, 0.1) is 11.7 Å². The average Bonchev–Trinajstić information content (AvgIpc) is 3.22. The van der Waals surface area contributed by atoms with Crippen LogP contribution in [-0.2, 0) is 19.6 Å². The van der Waals surface area contributed by atoms with Crippen LogP contribution in [0.3, 0.4) is 0 Å². The Kier molecular flexibility index (Phi) is 7.78. The van der Waals surface area contributed by atoms with Crippen LogP contribution in [0.25, 0.3) is 0 Å². The summed E-state index contributed by atoms with van der Waals surface area (Å²) < 4.78 is 24.2. The second-order valence-corrected chi connectivity index (χ2v) is 7.85. The number of oxazole rings is 1. The maximum Gasteiger partial charge on any atom is 0.273 e. The molecule has 1 heterocycles. The van der Waals surface area contributed by atoms with E-state index in [-0.39, 0.29) is 17.4 Å². The van der Waals surface area contributed by atoms with Gasteiger partial charge in [0.15, 0.2) is 5.69 Å². The maximum absolute atomic E-state index is 13.3. The Morgan fingerprint density at radius 2 is 1.87 bits per heavy atom. The van der Waals surface area contributed by atoms with Gasteiger partial charge in [-0.2, -0.15) is 0 Å². The van der Waals surface area contributed by atoms with Gasteiger partial charge >= 0.3 is 0 Å². The third-order valence-electron chi connectivity index (χ3n) is 4.67. The lowest BCUT2D eigenvalue weighted by Gasteiger charge is -2.21. The van der Waals surface area contributed by atoms with Gasteiger partial charge in [-0.3, -0.25) is 9.69 Å². The van der Waals surface area contributed by atoms with Gasteiger partial charge in [-0.1, -0.05) is 38.1 Å². The van der Waals surface area contributed by atoms with Gasteiger partial charge < -0.3 is 14.5 Å². The van der Waals surface area contributed by atoms with Crippen LogP contribution >= 0.6 is 0 Å². The molecule has 0 spiro atoms. The molecule has 0 unspecified atom stereocenters. The monoisotopic (exact) mass is 425 g/mol. The Labute approximate surface area is 182 Å². The Morgan fingerprint density at radius 3 is 2.58 bits per heavy atom. The molecule has 3 rings (SSSR count). The molecule has 31 heavy (non-hydrogen) atoms. The highest BCUT2D eigenvalue weighted by Gasteiger charge is 2.16. The summed E-state index contributed by atoms with van der Waals surface area (Å²) in [5, 5.41) is 2.84. The third-order valence-corrected chi connectivity index (χ3v) is 4.67. The number of nitrogens with zero attached hydrogens (tertiary/aromatic N) is 2. The van der Waals surface area contributed by atoms with Crippen LogP contribution in [-0.4, -0.2) is 29.4 Å². The first-order valence-corrected chi connectivity index (χ1v) is 10.2. The van der Waals surface area contributed by atoms with Crippen molar-refractivity contribution in [2.75, 3.05) is 13.7 Å². The van der Waals surface area contributed by atoms with Crippen LogP contribution in [0.2, 0.25) is 0 Å². The highest BCUT2D eigenvalue weighted by Crippen LogP contribution is 2.18. The summed E-state index contributed by atoms with van der Waals surface area (Å²) in [6.45, 7) is 6.20. The Hall–Kier alpha value is -3.19. The Balaban J connectivity index is 1.74. The average molecular weight is 426 g/mol. The second-order valence-electron chi connectivity index (χ2n) is 7.85. The Morgan fingerprint density at radius 1 is 1.13 bits per heavy atom. The molecule has 0 radical (unpaired) electrons. The summed E-state index contributed by atoms with van der Waals surface area (Å²) in [5.41, 5.74) is 2.28. The van der Waals surface area contributed by atoms with Gasteiger partial charge in [-0.05, 0) is 41.3 Å². The maximum atomic E-state index is 13.3. The molecule has 7 heteroatoms. The van der Waals surface area contributed by atoms with E-state index in [1.54, 1.807) is 19.2 Å². The zero-order valence-electron chi connectivity index (χ0n) is 18.1. The number of hydrogen-bond acceptors (Lipinski definition) is 5. The fraction of sp³-hybridized carbons (Fsp3) is 0.333. The van der Waals surface area contributed by atoms with Gasteiger partial charge in [0.25, 0.3) is 5.91 Å². The number of amides is 1. The minimum Gasteiger partial charge on any atom is -0.497 e. The highest BCUT2D eigenvalue weighted by molar-refractivity contribution is 5.91. The van der Waals surface area contributed by atoms with Crippen LogP contribution in [0.4, 0.5) is 4.39 Å². The summed E-state index contributed by atoms with van der Waals surface area (Å²) in [5.74, 6) is 1.05. The van der Waals surface area contributed by atoms with E-state index >= 15 is 0 Å². The molecule has 0 saturated heterocycles. The molecule has 6 nitrogen and oxygen atoms in total. The van der Waals surface area contributed by atoms with E-state index in [9.17, 15) is 9.18 Å². The minimum absolute atomic E-state index is 0.249. The molecule has 1 amide bonds. The molecule has 164 valence electrons. The summed E-state index contributed by atoms with van der Waals surface area (Å²) >= 11 is 0. The largest absolute Gasteiger partial charge is 0.497 e. The topological polar surface area (TPSA) is 67.6 Å². The summed E-state index contributed by atoms with van der Waals surface area (Å²) in [4.78, 5) is 18.7. The van der Waals surface area contributed by atoms with Crippen molar-refractivity contribution in [3.05, 3.63) is 83.3 Å². The SMILES string of the molecule is COc1cccc(CN(Cc2ccc(F)cc2)Cc2nc(C(=O)NCC(C)C)co2)c1. The second kappa shape index (κ2) is 10.7. The van der Waals surface area contributed by atoms with Crippen molar-refractivity contribution in [2.24, 2.45) is 5.92 Å². The number of ether oxygens (including phenoxy) is 1. The summed E-state index contributed by atoms with van der Waals surface area (Å²) in [6.07, 6.45) is 1.38. The third kappa shape index (κ3) is 6.93. The number of nitrogens with one attached hydrogen (secondary N) is 1. The fourth-order valence-corrected chi connectivity index (χ4v) is 3.11. The first-order chi connectivity index (χ1) is 14.9. The van der Waals surface area contributed by atoms with Gasteiger partial charge in [0.1, 0.15) is 17.8 Å². The van der Waals surface area contributed by atoms with Crippen molar-refractivity contribution in [1.29, 1.82) is 0 Å². The van der Waals surface area contributed by atoms with Gasteiger partial charge in [-0.25, -0.2) is 9.37 Å². The number of methoxy groups -OCH3 is 1. The first-order valence-electron chi connectivity index (χ1n) is 10.2. The van der Waals surface area contributed by atoms with Gasteiger partial charge in [-0.15, -0.1) is 0 Å². The van der Waals surface area contributed by atoms with Crippen molar-refractivity contribution >= 4 is 5.91 Å². The smallest absolute Gasteiger partial charge is 0.273 e. The number of benzene rings is 2. The number of carbonyl (C=O) groups is 1. The molecule has 0 fully saturated rings. The molecule has 3 aromatic rings. The number of hydrogen-bond donors (Lipinski definition) is 1. The van der Waals surface area contributed by atoms with Crippen molar-refractivity contribution in [3.63, 3.8) is 0 Å². The van der Waals surface area contributed by atoms with Crippen molar-refractivity contribution in [2.45, 2.75) is 33.5 Å². The van der Waals surface area contributed by atoms with E-state index in [0.29, 0.717) is 38.0 Å². The number of rotatable bonds is 10. The molecular weight excluding hydrogens is 397 g/mol.